The lowest BCUT2D eigenvalue weighted by molar-refractivity contribution is -0.120. The molecular weight excluding hydrogens is 518 g/mol. The van der Waals surface area contributed by atoms with Crippen molar-refractivity contribution in [2.75, 3.05) is 15.5 Å². The number of nitrogens with one attached hydrogen (secondary N) is 2. The van der Waals surface area contributed by atoms with Crippen LogP contribution in [0.2, 0.25) is 0 Å². The van der Waals surface area contributed by atoms with E-state index in [0.29, 0.717) is 28.4 Å². The lowest BCUT2D eigenvalue weighted by Crippen LogP contribution is -2.32. The predicted octanol–water partition coefficient (Wildman–Crippen LogP) is 6.06. The van der Waals surface area contributed by atoms with Crippen LogP contribution in [0.4, 0.5) is 17.1 Å². The van der Waals surface area contributed by atoms with Crippen molar-refractivity contribution in [1.29, 1.82) is 0 Å². The monoisotopic (exact) mass is 545 g/mol. The molecule has 0 spiro atoms. The van der Waals surface area contributed by atoms with Crippen molar-refractivity contribution < 1.29 is 23.9 Å². The topological polar surface area (TPSA) is 105 Å². The summed E-state index contributed by atoms with van der Waals surface area (Å²) in [6.07, 6.45) is -0.277. The summed E-state index contributed by atoms with van der Waals surface area (Å²) in [6, 6.07) is 20.0. The van der Waals surface area contributed by atoms with E-state index in [9.17, 15) is 19.2 Å². The molecule has 0 bridgehead atoms. The third-order valence-electron chi connectivity index (χ3n) is 5.98. The second-order valence-electron chi connectivity index (χ2n) is 9.57. The first-order valence-electron chi connectivity index (χ1n) is 12.4. The smallest absolute Gasteiger partial charge is 0.338 e. The number of hydrogen-bond donors (Lipinski definition) is 2. The molecule has 200 valence electrons. The second kappa shape index (κ2) is 11.5. The Kier molecular flexibility index (Phi) is 8.16. The molecule has 39 heavy (non-hydrogen) atoms. The second-order valence-corrected chi connectivity index (χ2v) is 9.95. The van der Waals surface area contributed by atoms with E-state index >= 15 is 0 Å². The Labute approximate surface area is 231 Å². The van der Waals surface area contributed by atoms with Crippen molar-refractivity contribution in [2.45, 2.75) is 39.7 Å². The highest BCUT2D eigenvalue weighted by Gasteiger charge is 2.39. The largest absolute Gasteiger partial charge is 0.459 e. The van der Waals surface area contributed by atoms with Crippen LogP contribution in [0, 0.1) is 0 Å². The number of carbonyl (C=O) groups excluding carboxylic acids is 4. The summed E-state index contributed by atoms with van der Waals surface area (Å²) in [6.45, 7) is 7.68. The minimum absolute atomic E-state index is 0.0904. The average molecular weight is 546 g/mol. The van der Waals surface area contributed by atoms with Gasteiger partial charge in [-0.2, -0.15) is 0 Å². The quantitative estimate of drug-likeness (QED) is 0.263. The number of imide groups is 1. The zero-order valence-electron chi connectivity index (χ0n) is 21.9. The molecule has 0 aliphatic carbocycles. The Hall–Kier alpha value is -4.43. The van der Waals surface area contributed by atoms with Crippen LogP contribution in [-0.4, -0.2) is 29.8 Å². The van der Waals surface area contributed by atoms with Gasteiger partial charge in [-0.05, 0) is 86.0 Å². The standard InChI is InChI=1S/C30H28ClN3O5/c1-17(2)19-5-11-23(12-6-19)33-27(35)20-7-13-22(14-8-20)32-26-25(31)28(36)34(29(26)37)24-15-9-21(10-16-24)30(38)39-18(3)4/h5-18,32H,1-4H3,(H,33,35). The molecule has 0 fully saturated rings. The van der Waals surface area contributed by atoms with Crippen LogP contribution in [0.25, 0.3) is 0 Å². The number of esters is 1. The molecule has 0 aromatic heterocycles. The molecule has 1 heterocycles. The molecule has 4 rings (SSSR count). The van der Waals surface area contributed by atoms with Gasteiger partial charge in [0.25, 0.3) is 17.7 Å². The first kappa shape index (κ1) is 27.6. The molecule has 0 saturated carbocycles. The zero-order valence-corrected chi connectivity index (χ0v) is 22.7. The first-order valence-corrected chi connectivity index (χ1v) is 12.8. The van der Waals surface area contributed by atoms with Crippen molar-refractivity contribution in [3.8, 4) is 0 Å². The highest BCUT2D eigenvalue weighted by Crippen LogP contribution is 2.30. The van der Waals surface area contributed by atoms with Gasteiger partial charge >= 0.3 is 5.97 Å². The molecular formula is C30H28ClN3O5. The zero-order chi connectivity index (χ0) is 28.3. The van der Waals surface area contributed by atoms with Gasteiger partial charge in [-0.25, -0.2) is 9.69 Å². The number of hydrogen-bond acceptors (Lipinski definition) is 6. The maximum Gasteiger partial charge on any atom is 0.338 e. The summed E-state index contributed by atoms with van der Waals surface area (Å²) in [4.78, 5) is 51.5. The van der Waals surface area contributed by atoms with Crippen molar-refractivity contribution in [3.63, 3.8) is 0 Å². The normalized spacial score (nSPS) is 13.4. The molecule has 1 aliphatic heterocycles. The summed E-state index contributed by atoms with van der Waals surface area (Å²) in [5, 5.41) is 5.47. The first-order chi connectivity index (χ1) is 18.5. The van der Waals surface area contributed by atoms with Gasteiger partial charge in [0.2, 0.25) is 0 Å². The number of carbonyl (C=O) groups is 4. The van der Waals surface area contributed by atoms with E-state index in [1.165, 1.54) is 29.8 Å². The Balaban J connectivity index is 1.42. The third-order valence-corrected chi connectivity index (χ3v) is 6.33. The summed E-state index contributed by atoms with van der Waals surface area (Å²) >= 11 is 6.23. The Morgan fingerprint density at radius 3 is 1.90 bits per heavy atom. The Bertz CT molecular complexity index is 1440. The molecule has 8 nitrogen and oxygen atoms in total. The van der Waals surface area contributed by atoms with Gasteiger partial charge in [0.1, 0.15) is 10.7 Å². The SMILES string of the molecule is CC(C)OC(=O)c1ccc(N2C(=O)C(Cl)=C(Nc3ccc(C(=O)Nc4ccc(C(C)C)cc4)cc3)C2=O)cc1. The Morgan fingerprint density at radius 2 is 1.33 bits per heavy atom. The van der Waals surface area contributed by atoms with Crippen molar-refractivity contribution in [1.82, 2.24) is 0 Å². The number of benzene rings is 3. The van der Waals surface area contributed by atoms with E-state index in [2.05, 4.69) is 24.5 Å². The van der Waals surface area contributed by atoms with Gasteiger partial charge in [-0.15, -0.1) is 0 Å². The van der Waals surface area contributed by atoms with Crippen LogP contribution >= 0.6 is 11.6 Å². The van der Waals surface area contributed by atoms with Crippen molar-refractivity contribution in [3.05, 3.63) is 100 Å². The average Bonchev–Trinajstić information content (AvgIpc) is 3.12. The van der Waals surface area contributed by atoms with E-state index in [-0.39, 0.29) is 28.4 Å². The maximum atomic E-state index is 13.1. The van der Waals surface area contributed by atoms with Crippen molar-refractivity contribution in [2.24, 2.45) is 0 Å². The fourth-order valence-electron chi connectivity index (χ4n) is 3.88. The molecule has 0 unspecified atom stereocenters. The maximum absolute atomic E-state index is 13.1. The van der Waals surface area contributed by atoms with Gasteiger partial charge in [0.15, 0.2) is 0 Å². The van der Waals surface area contributed by atoms with Crippen LogP contribution in [0.15, 0.2) is 83.5 Å². The van der Waals surface area contributed by atoms with E-state index in [4.69, 9.17) is 16.3 Å². The fourth-order valence-corrected chi connectivity index (χ4v) is 4.09. The van der Waals surface area contributed by atoms with Gasteiger partial charge < -0.3 is 15.4 Å². The minimum Gasteiger partial charge on any atom is -0.459 e. The minimum atomic E-state index is -0.693. The highest BCUT2D eigenvalue weighted by molar-refractivity contribution is 6.53. The van der Waals surface area contributed by atoms with E-state index in [1.807, 2.05) is 24.3 Å². The fraction of sp³-hybridized carbons (Fsp3) is 0.200. The van der Waals surface area contributed by atoms with E-state index in [1.54, 1.807) is 38.1 Å². The van der Waals surface area contributed by atoms with Crippen LogP contribution < -0.4 is 15.5 Å². The molecule has 3 aromatic carbocycles. The predicted molar refractivity (Wildman–Crippen MR) is 151 cm³/mol. The molecule has 2 N–H and O–H groups in total. The van der Waals surface area contributed by atoms with E-state index < -0.39 is 17.8 Å². The molecule has 0 atom stereocenters. The summed E-state index contributed by atoms with van der Waals surface area (Å²) in [7, 11) is 0. The van der Waals surface area contributed by atoms with Crippen LogP contribution in [0.1, 0.15) is 59.9 Å². The third kappa shape index (κ3) is 6.18. The molecule has 0 radical (unpaired) electrons. The van der Waals surface area contributed by atoms with Crippen molar-refractivity contribution >= 4 is 52.4 Å². The van der Waals surface area contributed by atoms with Crippen LogP contribution in [0.5, 0.6) is 0 Å². The number of ether oxygens (including phenoxy) is 1. The van der Waals surface area contributed by atoms with Gasteiger partial charge in [0.05, 0.1) is 17.4 Å². The number of halogens is 1. The summed E-state index contributed by atoms with van der Waals surface area (Å²) in [5.74, 6) is -1.73. The van der Waals surface area contributed by atoms with Gasteiger partial charge in [-0.3, -0.25) is 14.4 Å². The molecule has 3 amide bonds. The number of rotatable bonds is 8. The summed E-state index contributed by atoms with van der Waals surface area (Å²) in [5.41, 5.74) is 3.21. The van der Waals surface area contributed by atoms with Gasteiger partial charge in [-0.1, -0.05) is 37.6 Å². The van der Waals surface area contributed by atoms with Crippen LogP contribution in [0.3, 0.4) is 0 Å². The van der Waals surface area contributed by atoms with Crippen LogP contribution in [-0.2, 0) is 14.3 Å². The number of anilines is 3. The number of amides is 3. The molecule has 3 aromatic rings. The van der Waals surface area contributed by atoms with Gasteiger partial charge in [0, 0.05) is 16.9 Å². The summed E-state index contributed by atoms with van der Waals surface area (Å²) < 4.78 is 5.16. The number of nitrogens with zero attached hydrogens (tertiary/aromatic N) is 1. The van der Waals surface area contributed by atoms with E-state index in [0.717, 1.165) is 4.90 Å². The lowest BCUT2D eigenvalue weighted by Gasteiger charge is -2.16. The molecule has 1 aliphatic rings. The lowest BCUT2D eigenvalue weighted by atomic mass is 10.0. The highest BCUT2D eigenvalue weighted by atomic mass is 35.5. The molecule has 9 heteroatoms. The Morgan fingerprint density at radius 1 is 0.769 bits per heavy atom. The molecule has 0 saturated heterocycles.